The van der Waals surface area contributed by atoms with Gasteiger partial charge in [-0.25, -0.2) is 4.79 Å². The molecule has 1 fully saturated rings. The first-order valence-corrected chi connectivity index (χ1v) is 11.8. The van der Waals surface area contributed by atoms with Crippen LogP contribution in [-0.4, -0.2) is 53.8 Å². The summed E-state index contributed by atoms with van der Waals surface area (Å²) in [4.78, 5) is 28.5. The third-order valence-corrected chi connectivity index (χ3v) is 6.34. The quantitative estimate of drug-likeness (QED) is 0.442. The van der Waals surface area contributed by atoms with Crippen molar-refractivity contribution in [3.8, 4) is 17.2 Å². The molecule has 1 N–H and O–H groups in total. The molecule has 192 valence electrons. The third-order valence-electron chi connectivity index (χ3n) is 5.68. The van der Waals surface area contributed by atoms with Gasteiger partial charge in [0.2, 0.25) is 11.2 Å². The van der Waals surface area contributed by atoms with Crippen LogP contribution in [0.25, 0.3) is 11.0 Å². The maximum absolute atomic E-state index is 14.0. The van der Waals surface area contributed by atoms with Gasteiger partial charge in [-0.1, -0.05) is 12.1 Å². The Morgan fingerprint density at radius 3 is 2.47 bits per heavy atom. The minimum absolute atomic E-state index is 0.00448. The van der Waals surface area contributed by atoms with Crippen molar-refractivity contribution in [3.63, 3.8) is 0 Å². The maximum atomic E-state index is 14.0. The number of para-hydroxylation sites is 1. The summed E-state index contributed by atoms with van der Waals surface area (Å²) in [5, 5.41) is 10.3. The molecule has 0 radical (unpaired) electrons. The minimum atomic E-state index is -5.04. The van der Waals surface area contributed by atoms with Crippen LogP contribution in [0.3, 0.4) is 0 Å². The number of carbonyl (C=O) groups is 1. The minimum Gasteiger partial charge on any atom is -0.507 e. The summed E-state index contributed by atoms with van der Waals surface area (Å²) in [5.41, 5.74) is -1.36. The predicted octanol–water partition coefficient (Wildman–Crippen LogP) is 5.35. The Morgan fingerprint density at radius 1 is 1.14 bits per heavy atom. The molecule has 1 amide bonds. The number of phenols is 1. The van der Waals surface area contributed by atoms with E-state index in [0.717, 1.165) is 0 Å². The zero-order chi connectivity index (χ0) is 26.0. The van der Waals surface area contributed by atoms with Crippen LogP contribution in [0.2, 0.25) is 0 Å². The van der Waals surface area contributed by atoms with Crippen molar-refractivity contribution in [1.29, 1.82) is 0 Å². The number of benzene rings is 2. The number of nitrogens with zero attached hydrogens (tertiary/aromatic N) is 2. The number of hydrogen-bond acceptors (Lipinski definition) is 7. The highest BCUT2D eigenvalue weighted by Crippen LogP contribution is 2.41. The lowest BCUT2D eigenvalue weighted by molar-refractivity contribution is -0.154. The molecular weight excluding hydrogens is 549 g/mol. The van der Waals surface area contributed by atoms with Crippen LogP contribution >= 0.6 is 15.9 Å². The SMILES string of the molecule is CCOC(=O)N1CCN(Cc2c(O)ccc3c(=O)c(Oc4ccccc4Br)c(C(F)(F)F)oc23)CC1. The number of carbonyl (C=O) groups excluding carboxylic acids is 1. The molecule has 2 heterocycles. The first kappa shape index (κ1) is 25.8. The maximum Gasteiger partial charge on any atom is 0.453 e. The van der Waals surface area contributed by atoms with Crippen molar-refractivity contribution in [1.82, 2.24) is 9.80 Å². The number of alkyl halides is 3. The molecule has 1 saturated heterocycles. The highest BCUT2D eigenvalue weighted by Gasteiger charge is 2.41. The Hall–Kier alpha value is -3.25. The molecule has 3 aromatic rings. The zero-order valence-electron chi connectivity index (χ0n) is 19.1. The van der Waals surface area contributed by atoms with Gasteiger partial charge in [-0.15, -0.1) is 0 Å². The summed E-state index contributed by atoms with van der Waals surface area (Å²) in [6, 6.07) is 8.60. The van der Waals surface area contributed by atoms with Gasteiger partial charge in [-0.05, 0) is 47.1 Å². The van der Waals surface area contributed by atoms with Gasteiger partial charge in [0.05, 0.1) is 22.0 Å². The highest BCUT2D eigenvalue weighted by atomic mass is 79.9. The molecule has 12 heteroatoms. The second kappa shape index (κ2) is 10.4. The van der Waals surface area contributed by atoms with Gasteiger partial charge in [0, 0.05) is 32.7 Å². The van der Waals surface area contributed by atoms with Crippen molar-refractivity contribution < 1.29 is 37.0 Å². The van der Waals surface area contributed by atoms with Gasteiger partial charge < -0.3 is 23.9 Å². The van der Waals surface area contributed by atoms with Gasteiger partial charge in [0.25, 0.3) is 5.76 Å². The van der Waals surface area contributed by atoms with E-state index in [1.54, 1.807) is 25.1 Å². The zero-order valence-corrected chi connectivity index (χ0v) is 20.7. The molecule has 1 aliphatic rings. The van der Waals surface area contributed by atoms with Crippen molar-refractivity contribution >= 4 is 33.0 Å². The molecule has 2 aromatic carbocycles. The molecule has 0 unspecified atom stereocenters. The molecule has 0 aliphatic carbocycles. The molecular formula is C24H22BrF3N2O6. The first-order chi connectivity index (χ1) is 17.1. The van der Waals surface area contributed by atoms with Crippen molar-refractivity contribution in [3.05, 3.63) is 62.4 Å². The van der Waals surface area contributed by atoms with Crippen LogP contribution in [0.5, 0.6) is 17.2 Å². The number of aromatic hydroxyl groups is 1. The third kappa shape index (κ3) is 5.29. The standard InChI is InChI=1S/C24H22BrF3N2O6/c1-2-34-23(33)30-11-9-29(10-12-30)13-15-17(31)8-7-14-19(32)21(22(24(26,27)28)36-20(14)15)35-18-6-4-3-5-16(18)25/h3-8,31H,2,9-13H2,1H3. The fourth-order valence-corrected chi connectivity index (χ4v) is 4.25. The van der Waals surface area contributed by atoms with E-state index in [4.69, 9.17) is 13.9 Å². The van der Waals surface area contributed by atoms with E-state index in [0.29, 0.717) is 30.7 Å². The molecule has 1 aromatic heterocycles. The fraction of sp³-hybridized carbons (Fsp3) is 0.333. The highest BCUT2D eigenvalue weighted by molar-refractivity contribution is 9.10. The van der Waals surface area contributed by atoms with E-state index in [9.17, 15) is 27.9 Å². The van der Waals surface area contributed by atoms with Crippen LogP contribution < -0.4 is 10.2 Å². The van der Waals surface area contributed by atoms with E-state index in [-0.39, 0.29) is 41.2 Å². The Labute approximate surface area is 211 Å². The normalized spacial score (nSPS) is 14.8. The molecule has 1 aliphatic heterocycles. The smallest absolute Gasteiger partial charge is 0.453 e. The van der Waals surface area contributed by atoms with Crippen molar-refractivity contribution in [2.45, 2.75) is 19.6 Å². The number of hydrogen-bond donors (Lipinski definition) is 1. The predicted molar refractivity (Wildman–Crippen MR) is 127 cm³/mol. The topological polar surface area (TPSA) is 92.5 Å². The number of fused-ring (bicyclic) bond motifs is 1. The summed E-state index contributed by atoms with van der Waals surface area (Å²) in [6.07, 6.45) is -5.48. The summed E-state index contributed by atoms with van der Waals surface area (Å²) in [5.74, 6) is -2.91. The fourth-order valence-electron chi connectivity index (χ4n) is 3.88. The van der Waals surface area contributed by atoms with Crippen LogP contribution in [0, 0.1) is 0 Å². The largest absolute Gasteiger partial charge is 0.507 e. The number of amides is 1. The van der Waals surface area contributed by atoms with Gasteiger partial charge in [-0.2, -0.15) is 13.2 Å². The Kier molecular flexibility index (Phi) is 7.46. The van der Waals surface area contributed by atoms with Crippen molar-refractivity contribution in [2.24, 2.45) is 0 Å². The lowest BCUT2D eigenvalue weighted by atomic mass is 10.1. The Morgan fingerprint density at radius 2 is 1.83 bits per heavy atom. The number of ether oxygens (including phenoxy) is 2. The lowest BCUT2D eigenvalue weighted by Crippen LogP contribution is -2.48. The Balaban J connectivity index is 1.72. The van der Waals surface area contributed by atoms with E-state index < -0.39 is 29.2 Å². The molecule has 36 heavy (non-hydrogen) atoms. The number of halogens is 4. The van der Waals surface area contributed by atoms with E-state index in [1.807, 2.05) is 4.90 Å². The molecule has 8 nitrogen and oxygen atoms in total. The molecule has 0 saturated carbocycles. The molecule has 4 rings (SSSR count). The van der Waals surface area contributed by atoms with Crippen molar-refractivity contribution in [2.75, 3.05) is 32.8 Å². The van der Waals surface area contributed by atoms with Gasteiger partial charge in [0.15, 0.2) is 0 Å². The van der Waals surface area contributed by atoms with Gasteiger partial charge in [-0.3, -0.25) is 9.69 Å². The summed E-state index contributed by atoms with van der Waals surface area (Å²) in [7, 11) is 0. The second-order valence-corrected chi connectivity index (χ2v) is 8.88. The second-order valence-electron chi connectivity index (χ2n) is 8.02. The van der Waals surface area contributed by atoms with Crippen LogP contribution in [0.4, 0.5) is 18.0 Å². The van der Waals surface area contributed by atoms with Crippen LogP contribution in [-0.2, 0) is 17.5 Å². The number of phenolic OH excluding ortho intramolecular Hbond substituents is 1. The summed E-state index contributed by atoms with van der Waals surface area (Å²) >= 11 is 3.19. The Bertz CT molecular complexity index is 1340. The molecule has 0 spiro atoms. The number of piperazine rings is 1. The van der Waals surface area contributed by atoms with Gasteiger partial charge >= 0.3 is 12.3 Å². The summed E-state index contributed by atoms with van der Waals surface area (Å²) in [6.45, 7) is 3.40. The first-order valence-electron chi connectivity index (χ1n) is 11.1. The lowest BCUT2D eigenvalue weighted by Gasteiger charge is -2.34. The van der Waals surface area contributed by atoms with E-state index in [1.165, 1.54) is 23.1 Å². The van der Waals surface area contributed by atoms with E-state index >= 15 is 0 Å². The van der Waals surface area contributed by atoms with Gasteiger partial charge in [0.1, 0.15) is 17.1 Å². The molecule has 0 atom stereocenters. The average molecular weight is 571 g/mol. The summed E-state index contributed by atoms with van der Waals surface area (Å²) < 4.78 is 57.9. The number of rotatable bonds is 5. The average Bonchev–Trinajstić information content (AvgIpc) is 2.83. The van der Waals surface area contributed by atoms with Crippen LogP contribution in [0.15, 0.2) is 50.1 Å². The van der Waals surface area contributed by atoms with E-state index in [2.05, 4.69) is 15.9 Å². The molecule has 0 bridgehead atoms. The van der Waals surface area contributed by atoms with Crippen LogP contribution in [0.1, 0.15) is 18.2 Å². The monoisotopic (exact) mass is 570 g/mol.